The van der Waals surface area contributed by atoms with Crippen LogP contribution >= 0.6 is 0 Å². The van der Waals surface area contributed by atoms with E-state index in [2.05, 4.69) is 17.4 Å². The number of Topliss-reactive ketones (excluding diaryl/α,β-unsaturated/α-hetero) is 1. The summed E-state index contributed by atoms with van der Waals surface area (Å²) in [7, 11) is 0. The van der Waals surface area contributed by atoms with Crippen molar-refractivity contribution in [3.05, 3.63) is 59.2 Å². The number of amides is 2. The molecular weight excluding hydrogens is 484 g/mol. The zero-order valence-electron chi connectivity index (χ0n) is 22.9. The van der Waals surface area contributed by atoms with Gasteiger partial charge in [0.1, 0.15) is 17.1 Å². The summed E-state index contributed by atoms with van der Waals surface area (Å²) in [6, 6.07) is 12.8. The lowest BCUT2D eigenvalue weighted by Crippen LogP contribution is -2.54. The Balaban J connectivity index is 1.85. The van der Waals surface area contributed by atoms with E-state index in [0.717, 1.165) is 24.8 Å². The number of urea groups is 1. The molecule has 2 aromatic carbocycles. The number of rotatable bonds is 14. The van der Waals surface area contributed by atoms with Crippen LogP contribution in [0, 0.1) is 5.92 Å². The number of unbranched alkanes of at least 4 members (excludes halogenated alkanes) is 1. The third-order valence-electron chi connectivity index (χ3n) is 7.11. The minimum absolute atomic E-state index is 0.156. The molecule has 0 saturated heterocycles. The summed E-state index contributed by atoms with van der Waals surface area (Å²) in [4.78, 5) is 39.2. The zero-order chi connectivity index (χ0) is 27.7. The molecule has 3 atom stereocenters. The minimum atomic E-state index is -0.883. The van der Waals surface area contributed by atoms with E-state index in [0.29, 0.717) is 49.7 Å². The largest absolute Gasteiger partial charge is 0.493 e. The SMILES string of the molecule is CCOc1cc([C@@H](C)N(CCCCc2ccccc2)C(=O)NC2CCC2C(=O)O)cc(OCC)c1C(C)=O. The first-order chi connectivity index (χ1) is 18.3. The van der Waals surface area contributed by atoms with Crippen molar-refractivity contribution in [2.45, 2.75) is 71.9 Å². The molecule has 0 bridgehead atoms. The van der Waals surface area contributed by atoms with Gasteiger partial charge in [-0.3, -0.25) is 9.59 Å². The van der Waals surface area contributed by atoms with Gasteiger partial charge in [-0.25, -0.2) is 4.79 Å². The van der Waals surface area contributed by atoms with Crippen LogP contribution in [0.15, 0.2) is 42.5 Å². The van der Waals surface area contributed by atoms with Crippen LogP contribution in [-0.2, 0) is 11.2 Å². The molecule has 0 aliphatic heterocycles. The van der Waals surface area contributed by atoms with Gasteiger partial charge in [0, 0.05) is 12.6 Å². The van der Waals surface area contributed by atoms with Gasteiger partial charge >= 0.3 is 12.0 Å². The number of aliphatic carboxylic acids is 1. The summed E-state index contributed by atoms with van der Waals surface area (Å²) < 4.78 is 11.6. The van der Waals surface area contributed by atoms with Gasteiger partial charge < -0.3 is 24.8 Å². The van der Waals surface area contributed by atoms with Crippen LogP contribution in [0.5, 0.6) is 11.5 Å². The van der Waals surface area contributed by atoms with Gasteiger partial charge in [-0.05, 0) is 83.1 Å². The van der Waals surface area contributed by atoms with Gasteiger partial charge in [0.25, 0.3) is 0 Å². The van der Waals surface area contributed by atoms with Crippen LogP contribution in [0.25, 0.3) is 0 Å². The minimum Gasteiger partial charge on any atom is -0.493 e. The highest BCUT2D eigenvalue weighted by Crippen LogP contribution is 2.36. The molecule has 2 N–H and O–H groups in total. The highest BCUT2D eigenvalue weighted by atomic mass is 16.5. The van der Waals surface area contributed by atoms with Crippen molar-refractivity contribution in [2.24, 2.45) is 5.92 Å². The summed E-state index contributed by atoms with van der Waals surface area (Å²) in [5, 5.41) is 12.4. The first-order valence-electron chi connectivity index (χ1n) is 13.5. The number of carboxylic acid groups (broad SMARTS) is 1. The maximum absolute atomic E-state index is 13.5. The number of ether oxygens (including phenoxy) is 2. The fourth-order valence-corrected chi connectivity index (χ4v) is 4.85. The fraction of sp³-hybridized carbons (Fsp3) is 0.500. The number of benzene rings is 2. The molecule has 2 amide bonds. The van der Waals surface area contributed by atoms with Crippen LogP contribution < -0.4 is 14.8 Å². The molecule has 1 aliphatic rings. The summed E-state index contributed by atoms with van der Waals surface area (Å²) >= 11 is 0. The Kier molecular flexibility index (Phi) is 10.6. The first-order valence-corrected chi connectivity index (χ1v) is 13.5. The lowest BCUT2D eigenvalue weighted by molar-refractivity contribution is -0.145. The predicted octanol–water partition coefficient (Wildman–Crippen LogP) is 5.65. The van der Waals surface area contributed by atoms with Gasteiger partial charge in [0.15, 0.2) is 5.78 Å². The van der Waals surface area contributed by atoms with Crippen molar-refractivity contribution in [1.29, 1.82) is 0 Å². The van der Waals surface area contributed by atoms with Crippen LogP contribution in [0.1, 0.15) is 80.9 Å². The van der Waals surface area contributed by atoms with E-state index in [4.69, 9.17) is 9.47 Å². The lowest BCUT2D eigenvalue weighted by Gasteiger charge is -2.37. The van der Waals surface area contributed by atoms with E-state index < -0.39 is 11.9 Å². The second kappa shape index (κ2) is 13.8. The van der Waals surface area contributed by atoms with Crippen LogP contribution in [0.2, 0.25) is 0 Å². The maximum Gasteiger partial charge on any atom is 0.318 e. The topological polar surface area (TPSA) is 105 Å². The molecule has 1 saturated carbocycles. The number of aryl methyl sites for hydroxylation is 1. The van der Waals surface area contributed by atoms with E-state index in [9.17, 15) is 19.5 Å². The van der Waals surface area contributed by atoms with Crippen LogP contribution in [0.3, 0.4) is 0 Å². The average Bonchev–Trinajstić information content (AvgIpc) is 2.86. The van der Waals surface area contributed by atoms with Gasteiger partial charge in [-0.1, -0.05) is 30.3 Å². The predicted molar refractivity (Wildman–Crippen MR) is 146 cm³/mol. The fourth-order valence-electron chi connectivity index (χ4n) is 4.85. The zero-order valence-corrected chi connectivity index (χ0v) is 22.9. The number of carbonyl (C=O) groups excluding carboxylic acids is 2. The number of nitrogens with one attached hydrogen (secondary N) is 1. The van der Waals surface area contributed by atoms with Gasteiger partial charge in [0.2, 0.25) is 0 Å². The molecule has 1 fully saturated rings. The summed E-state index contributed by atoms with van der Waals surface area (Å²) in [5.41, 5.74) is 2.42. The molecule has 0 spiro atoms. The first kappa shape index (κ1) is 29.0. The molecule has 0 heterocycles. The van der Waals surface area contributed by atoms with E-state index in [-0.39, 0.29) is 23.9 Å². The quantitative estimate of drug-likeness (QED) is 0.245. The highest BCUT2D eigenvalue weighted by molar-refractivity contribution is 5.99. The Morgan fingerprint density at radius 2 is 1.66 bits per heavy atom. The summed E-state index contributed by atoms with van der Waals surface area (Å²) in [6.07, 6.45) is 3.80. The Labute approximate surface area is 225 Å². The van der Waals surface area contributed by atoms with Crippen molar-refractivity contribution < 1.29 is 29.0 Å². The Hall–Kier alpha value is -3.55. The van der Waals surface area contributed by atoms with Gasteiger partial charge in [-0.2, -0.15) is 0 Å². The smallest absolute Gasteiger partial charge is 0.318 e. The Morgan fingerprint density at radius 3 is 2.16 bits per heavy atom. The highest BCUT2D eigenvalue weighted by Gasteiger charge is 2.38. The Morgan fingerprint density at radius 1 is 1.03 bits per heavy atom. The molecule has 206 valence electrons. The molecule has 38 heavy (non-hydrogen) atoms. The normalized spacial score (nSPS) is 17.2. The molecule has 2 aromatic rings. The van der Waals surface area contributed by atoms with Crippen molar-refractivity contribution in [3.8, 4) is 11.5 Å². The molecule has 3 rings (SSSR count). The molecule has 1 aliphatic carbocycles. The molecule has 8 heteroatoms. The van der Waals surface area contributed by atoms with E-state index in [1.54, 1.807) is 17.0 Å². The van der Waals surface area contributed by atoms with Crippen molar-refractivity contribution in [1.82, 2.24) is 10.2 Å². The monoisotopic (exact) mass is 524 g/mol. The van der Waals surface area contributed by atoms with E-state index in [1.165, 1.54) is 12.5 Å². The second-order valence-electron chi connectivity index (χ2n) is 9.70. The molecule has 0 radical (unpaired) electrons. The molecular formula is C30H40N2O6. The number of carboxylic acids is 1. The van der Waals surface area contributed by atoms with Gasteiger partial charge in [-0.15, -0.1) is 0 Å². The van der Waals surface area contributed by atoms with Crippen LogP contribution in [-0.4, -0.2) is 53.6 Å². The molecule has 0 aromatic heterocycles. The number of hydrogen-bond donors (Lipinski definition) is 2. The lowest BCUT2D eigenvalue weighted by atomic mass is 9.80. The molecule has 2 unspecified atom stereocenters. The molecule has 8 nitrogen and oxygen atoms in total. The number of nitrogens with zero attached hydrogens (tertiary/aromatic N) is 1. The number of ketones is 1. The van der Waals surface area contributed by atoms with Crippen molar-refractivity contribution in [3.63, 3.8) is 0 Å². The van der Waals surface area contributed by atoms with Crippen molar-refractivity contribution in [2.75, 3.05) is 19.8 Å². The second-order valence-corrected chi connectivity index (χ2v) is 9.70. The van der Waals surface area contributed by atoms with E-state index >= 15 is 0 Å². The number of carbonyl (C=O) groups is 3. The summed E-state index contributed by atoms with van der Waals surface area (Å²) in [6.45, 7) is 8.37. The van der Waals surface area contributed by atoms with Crippen LogP contribution in [0.4, 0.5) is 4.79 Å². The average molecular weight is 525 g/mol. The maximum atomic E-state index is 13.5. The van der Waals surface area contributed by atoms with E-state index in [1.807, 2.05) is 39.0 Å². The number of hydrogen-bond acceptors (Lipinski definition) is 5. The Bertz CT molecular complexity index is 1080. The standard InChI is InChI=1S/C30H40N2O6/c1-5-37-26-18-23(19-27(38-6-2)28(26)21(4)33)20(3)32(17-11-10-14-22-12-8-7-9-13-22)30(36)31-25-16-15-24(25)29(34)35/h7-9,12-13,18-20,24-25H,5-6,10-11,14-17H2,1-4H3,(H,31,36)(H,34,35)/t20-,24?,25?/m1/s1. The summed E-state index contributed by atoms with van der Waals surface area (Å²) in [5.74, 6) is -0.731. The van der Waals surface area contributed by atoms with Gasteiger partial charge in [0.05, 0.1) is 25.2 Å². The third kappa shape index (κ3) is 7.27. The van der Waals surface area contributed by atoms with Crippen molar-refractivity contribution >= 4 is 17.8 Å². The third-order valence-corrected chi connectivity index (χ3v) is 7.11.